The molecule has 0 amide bonds. The third-order valence-electron chi connectivity index (χ3n) is 4.86. The summed E-state index contributed by atoms with van der Waals surface area (Å²) in [5.74, 6) is 0.701. The molecule has 0 bridgehead atoms. The van der Waals surface area contributed by atoms with E-state index in [1.54, 1.807) is 16.5 Å². The van der Waals surface area contributed by atoms with Gasteiger partial charge >= 0.3 is 0 Å². The largest absolute Gasteiger partial charge is 0.487 e. The lowest BCUT2D eigenvalue weighted by Gasteiger charge is -2.13. The number of hydrogen-bond acceptors (Lipinski definition) is 4. The maximum Gasteiger partial charge on any atom is 0.274 e. The standard InChI is InChI=1S/C23H12Cl2I2N2O2S/c24-14-6-5-12(16(25)9-14)11-31-21-13(7-15(26)10-17(21)27)8-20-22(30)29-19-4-2-1-3-18(19)28-23(29)32-20/h1-10H,11H2. The van der Waals surface area contributed by atoms with Crippen LogP contribution in [0.2, 0.25) is 10.0 Å². The van der Waals surface area contributed by atoms with E-state index in [1.807, 2.05) is 48.5 Å². The number of benzene rings is 3. The second-order valence-corrected chi connectivity index (χ2v) is 11.2. The van der Waals surface area contributed by atoms with Crippen LogP contribution in [0.25, 0.3) is 22.1 Å². The van der Waals surface area contributed by atoms with Crippen LogP contribution in [-0.2, 0) is 6.61 Å². The van der Waals surface area contributed by atoms with Crippen molar-refractivity contribution in [2.75, 3.05) is 0 Å². The molecule has 0 atom stereocenters. The Morgan fingerprint density at radius 1 is 1.09 bits per heavy atom. The number of aromatic nitrogens is 2. The molecule has 0 N–H and O–H groups in total. The van der Waals surface area contributed by atoms with Crippen LogP contribution in [0.15, 0.2) is 59.4 Å². The minimum absolute atomic E-state index is 0.0840. The topological polar surface area (TPSA) is 43.6 Å². The van der Waals surface area contributed by atoms with Crippen molar-refractivity contribution >= 4 is 102 Å². The van der Waals surface area contributed by atoms with Crippen LogP contribution in [0.5, 0.6) is 5.75 Å². The minimum atomic E-state index is -0.0840. The summed E-state index contributed by atoms with van der Waals surface area (Å²) in [6.45, 7) is 0.288. The molecule has 5 rings (SSSR count). The van der Waals surface area contributed by atoms with Gasteiger partial charge in [0.2, 0.25) is 0 Å². The van der Waals surface area contributed by atoms with Gasteiger partial charge in [0.1, 0.15) is 12.4 Å². The first kappa shape index (κ1) is 22.4. The maximum atomic E-state index is 13.2. The van der Waals surface area contributed by atoms with E-state index < -0.39 is 0 Å². The van der Waals surface area contributed by atoms with Gasteiger partial charge in [0, 0.05) is 24.7 Å². The molecule has 5 aromatic rings. The van der Waals surface area contributed by atoms with Gasteiger partial charge in [-0.1, -0.05) is 52.7 Å². The number of hydrogen-bond donors (Lipinski definition) is 0. The monoisotopic (exact) mass is 704 g/mol. The fourth-order valence-corrected chi connectivity index (χ4v) is 6.87. The SMILES string of the molecule is O=c1c(=Cc2cc(I)cc(I)c2OCc2ccc(Cl)cc2Cl)sc2nc3ccccc3n12. The van der Waals surface area contributed by atoms with Gasteiger partial charge in [0.05, 0.1) is 19.1 Å². The highest BCUT2D eigenvalue weighted by molar-refractivity contribution is 14.1. The number of imidazole rings is 1. The Morgan fingerprint density at radius 2 is 1.91 bits per heavy atom. The smallest absolute Gasteiger partial charge is 0.274 e. The molecule has 0 spiro atoms. The van der Waals surface area contributed by atoms with Crippen LogP contribution in [0, 0.1) is 7.14 Å². The number of fused-ring (bicyclic) bond motifs is 3. The molecule has 0 saturated heterocycles. The molecule has 2 aromatic heterocycles. The highest BCUT2D eigenvalue weighted by atomic mass is 127. The van der Waals surface area contributed by atoms with Crippen LogP contribution >= 0.6 is 79.7 Å². The maximum absolute atomic E-state index is 13.2. The second-order valence-electron chi connectivity index (χ2n) is 6.96. The van der Waals surface area contributed by atoms with E-state index in [-0.39, 0.29) is 12.2 Å². The van der Waals surface area contributed by atoms with E-state index in [1.165, 1.54) is 11.3 Å². The molecule has 3 aromatic carbocycles. The average molecular weight is 705 g/mol. The molecule has 0 fully saturated rings. The molecular weight excluding hydrogens is 693 g/mol. The third kappa shape index (κ3) is 4.25. The van der Waals surface area contributed by atoms with Gasteiger partial charge in [-0.2, -0.15) is 0 Å². The number of rotatable bonds is 4. The summed E-state index contributed by atoms with van der Waals surface area (Å²) in [5.41, 5.74) is 3.21. The summed E-state index contributed by atoms with van der Waals surface area (Å²) in [5, 5.41) is 1.13. The lowest BCUT2D eigenvalue weighted by molar-refractivity contribution is 0.303. The minimum Gasteiger partial charge on any atom is -0.487 e. The third-order valence-corrected chi connectivity index (χ3v) is 7.84. The van der Waals surface area contributed by atoms with Crippen molar-refractivity contribution in [1.29, 1.82) is 0 Å². The highest BCUT2D eigenvalue weighted by Gasteiger charge is 2.14. The van der Waals surface area contributed by atoms with E-state index in [4.69, 9.17) is 27.9 Å². The lowest BCUT2D eigenvalue weighted by atomic mass is 10.2. The first-order valence-electron chi connectivity index (χ1n) is 9.38. The second kappa shape index (κ2) is 9.09. The van der Waals surface area contributed by atoms with E-state index in [0.717, 1.165) is 29.3 Å². The normalized spacial score (nSPS) is 12.2. The van der Waals surface area contributed by atoms with Gasteiger partial charge < -0.3 is 4.74 Å². The summed E-state index contributed by atoms with van der Waals surface area (Å²) < 4.78 is 10.4. The number of ether oxygens (including phenoxy) is 1. The molecule has 160 valence electrons. The summed E-state index contributed by atoms with van der Waals surface area (Å²) in [7, 11) is 0. The molecule has 0 radical (unpaired) electrons. The fraction of sp³-hybridized carbons (Fsp3) is 0.0435. The van der Waals surface area contributed by atoms with Crippen LogP contribution in [-0.4, -0.2) is 9.38 Å². The fourth-order valence-electron chi connectivity index (χ4n) is 3.38. The average Bonchev–Trinajstić information content (AvgIpc) is 3.25. The molecule has 9 heteroatoms. The Labute approximate surface area is 224 Å². The van der Waals surface area contributed by atoms with Crippen molar-refractivity contribution in [1.82, 2.24) is 9.38 Å². The van der Waals surface area contributed by atoms with Crippen molar-refractivity contribution in [3.8, 4) is 5.75 Å². The Kier molecular flexibility index (Phi) is 6.36. The van der Waals surface area contributed by atoms with E-state index in [9.17, 15) is 4.79 Å². The predicted molar refractivity (Wildman–Crippen MR) is 148 cm³/mol. The Bertz CT molecular complexity index is 1610. The van der Waals surface area contributed by atoms with Crippen LogP contribution in [0.4, 0.5) is 0 Å². The molecule has 0 aliphatic heterocycles. The molecule has 2 heterocycles. The number of halogens is 4. The van der Waals surface area contributed by atoms with Gasteiger partial charge in [0.25, 0.3) is 5.56 Å². The van der Waals surface area contributed by atoms with Gasteiger partial charge in [0.15, 0.2) is 4.96 Å². The zero-order valence-electron chi connectivity index (χ0n) is 16.1. The van der Waals surface area contributed by atoms with E-state index >= 15 is 0 Å². The Hall–Kier alpha value is -1.40. The summed E-state index contributed by atoms with van der Waals surface area (Å²) in [6, 6.07) is 17.0. The van der Waals surface area contributed by atoms with Gasteiger partial charge in [-0.3, -0.25) is 4.79 Å². The van der Waals surface area contributed by atoms with Gasteiger partial charge in [-0.25, -0.2) is 9.38 Å². The van der Waals surface area contributed by atoms with Crippen LogP contribution < -0.4 is 14.8 Å². The van der Waals surface area contributed by atoms with Crippen LogP contribution in [0.3, 0.4) is 0 Å². The van der Waals surface area contributed by atoms with Gasteiger partial charge in [-0.15, -0.1) is 0 Å². The first-order chi connectivity index (χ1) is 15.4. The van der Waals surface area contributed by atoms with Crippen molar-refractivity contribution in [2.24, 2.45) is 0 Å². The predicted octanol–water partition coefficient (Wildman–Crippen LogP) is 6.55. The number of para-hydroxylation sites is 2. The summed E-state index contributed by atoms with van der Waals surface area (Å²) >= 11 is 18.2. The number of nitrogens with zero attached hydrogens (tertiary/aromatic N) is 2. The molecule has 0 unspecified atom stereocenters. The Balaban J connectivity index is 1.60. The zero-order chi connectivity index (χ0) is 22.4. The Morgan fingerprint density at radius 3 is 2.72 bits per heavy atom. The van der Waals surface area contributed by atoms with Crippen LogP contribution in [0.1, 0.15) is 11.1 Å². The van der Waals surface area contributed by atoms with E-state index in [2.05, 4.69) is 50.2 Å². The first-order valence-corrected chi connectivity index (χ1v) is 13.1. The highest BCUT2D eigenvalue weighted by Crippen LogP contribution is 2.31. The quantitative estimate of drug-likeness (QED) is 0.200. The molecule has 0 aliphatic carbocycles. The lowest BCUT2D eigenvalue weighted by Crippen LogP contribution is -2.22. The number of thiazole rings is 1. The summed E-state index contributed by atoms with van der Waals surface area (Å²) in [6.07, 6.45) is 1.87. The van der Waals surface area contributed by atoms with Gasteiger partial charge in [-0.05, 0) is 87.7 Å². The molecular formula is C23H12Cl2I2N2O2S. The van der Waals surface area contributed by atoms with E-state index in [0.29, 0.717) is 25.3 Å². The molecule has 32 heavy (non-hydrogen) atoms. The molecule has 0 saturated carbocycles. The van der Waals surface area contributed by atoms with Crippen molar-refractivity contribution in [3.63, 3.8) is 0 Å². The molecule has 0 aliphatic rings. The molecule has 4 nitrogen and oxygen atoms in total. The zero-order valence-corrected chi connectivity index (χ0v) is 22.8. The van der Waals surface area contributed by atoms with Crippen molar-refractivity contribution < 1.29 is 4.74 Å². The van der Waals surface area contributed by atoms with Crippen molar-refractivity contribution in [2.45, 2.75) is 6.61 Å². The summed E-state index contributed by atoms with van der Waals surface area (Å²) in [4.78, 5) is 18.4. The van der Waals surface area contributed by atoms with Crippen molar-refractivity contribution in [3.05, 3.63) is 97.8 Å².